The van der Waals surface area contributed by atoms with Gasteiger partial charge in [-0.25, -0.2) is 0 Å². The van der Waals surface area contributed by atoms with E-state index in [4.69, 9.17) is 5.73 Å². The summed E-state index contributed by atoms with van der Waals surface area (Å²) in [6.45, 7) is 6.66. The van der Waals surface area contributed by atoms with E-state index in [1.165, 1.54) is 6.42 Å². The Kier molecular flexibility index (Phi) is 3.81. The van der Waals surface area contributed by atoms with Crippen molar-refractivity contribution in [3.8, 4) is 0 Å². The third-order valence-electron chi connectivity index (χ3n) is 2.12. The van der Waals surface area contributed by atoms with Gasteiger partial charge in [0.05, 0.1) is 0 Å². The van der Waals surface area contributed by atoms with Gasteiger partial charge in [0.1, 0.15) is 0 Å². The van der Waals surface area contributed by atoms with Crippen LogP contribution >= 0.6 is 0 Å². The number of nitrogens with two attached hydrogens (primary N) is 1. The minimum Gasteiger partial charge on any atom is -0.399 e. The Morgan fingerprint density at radius 1 is 1.29 bits per heavy atom. The summed E-state index contributed by atoms with van der Waals surface area (Å²) in [6.07, 6.45) is 1.18. The minimum absolute atomic E-state index is 0.497. The Morgan fingerprint density at radius 3 is 2.57 bits per heavy atom. The van der Waals surface area contributed by atoms with Crippen LogP contribution in [0, 0.1) is 5.92 Å². The maximum Gasteiger partial charge on any atom is 0.0362 e. The lowest BCUT2D eigenvalue weighted by atomic mass is 10.1. The number of benzene rings is 1. The van der Waals surface area contributed by atoms with E-state index in [0.29, 0.717) is 6.04 Å². The summed E-state index contributed by atoms with van der Waals surface area (Å²) in [7, 11) is 0. The third-order valence-corrected chi connectivity index (χ3v) is 2.12. The lowest BCUT2D eigenvalue weighted by Crippen LogP contribution is -2.17. The van der Waals surface area contributed by atoms with Gasteiger partial charge in [0.15, 0.2) is 0 Å². The molecule has 0 heterocycles. The largest absolute Gasteiger partial charge is 0.399 e. The van der Waals surface area contributed by atoms with Crippen molar-refractivity contribution in [2.75, 3.05) is 11.1 Å². The molecule has 1 unspecified atom stereocenters. The molecule has 0 aliphatic rings. The van der Waals surface area contributed by atoms with Crippen LogP contribution in [0.2, 0.25) is 0 Å². The number of rotatable bonds is 4. The molecular weight excluding hydrogens is 172 g/mol. The number of nitrogen functional groups attached to an aromatic ring is 1. The van der Waals surface area contributed by atoms with Gasteiger partial charge >= 0.3 is 0 Å². The first-order chi connectivity index (χ1) is 6.58. The van der Waals surface area contributed by atoms with Crippen molar-refractivity contribution in [1.29, 1.82) is 0 Å². The fourth-order valence-corrected chi connectivity index (χ4v) is 1.68. The van der Waals surface area contributed by atoms with E-state index < -0.39 is 0 Å². The predicted octanol–water partition coefficient (Wildman–Crippen LogP) is 3.12. The van der Waals surface area contributed by atoms with Crippen LogP contribution in [0.5, 0.6) is 0 Å². The molecule has 0 amide bonds. The van der Waals surface area contributed by atoms with Crippen molar-refractivity contribution in [3.05, 3.63) is 24.3 Å². The van der Waals surface area contributed by atoms with Crippen molar-refractivity contribution in [3.63, 3.8) is 0 Å². The molecule has 2 heteroatoms. The highest BCUT2D eigenvalue weighted by molar-refractivity contribution is 5.54. The standard InChI is InChI=1S/C12H20N2/c1-9(2)7-10(3)14-12-6-4-5-11(13)8-12/h4-6,8-10,14H,7,13H2,1-3H3. The molecule has 1 rings (SSSR count). The van der Waals surface area contributed by atoms with Crippen molar-refractivity contribution < 1.29 is 0 Å². The summed E-state index contributed by atoms with van der Waals surface area (Å²) in [5.41, 5.74) is 7.62. The van der Waals surface area contributed by atoms with E-state index in [1.807, 2.05) is 24.3 Å². The molecule has 1 aromatic rings. The maximum atomic E-state index is 5.70. The molecule has 0 fully saturated rings. The highest BCUT2D eigenvalue weighted by Gasteiger charge is 2.04. The zero-order chi connectivity index (χ0) is 10.6. The van der Waals surface area contributed by atoms with E-state index in [-0.39, 0.29) is 0 Å². The average Bonchev–Trinajstić information content (AvgIpc) is 2.01. The molecule has 0 aliphatic heterocycles. The second-order valence-corrected chi connectivity index (χ2v) is 4.30. The van der Waals surface area contributed by atoms with Gasteiger partial charge in [-0.1, -0.05) is 19.9 Å². The molecule has 0 aromatic heterocycles. The van der Waals surface area contributed by atoms with Gasteiger partial charge in [0.25, 0.3) is 0 Å². The van der Waals surface area contributed by atoms with Crippen LogP contribution in [-0.4, -0.2) is 6.04 Å². The van der Waals surface area contributed by atoms with Gasteiger partial charge in [-0.05, 0) is 37.5 Å². The van der Waals surface area contributed by atoms with E-state index in [0.717, 1.165) is 17.3 Å². The maximum absolute atomic E-state index is 5.70. The van der Waals surface area contributed by atoms with Gasteiger partial charge in [-0.3, -0.25) is 0 Å². The monoisotopic (exact) mass is 192 g/mol. The third kappa shape index (κ3) is 3.69. The Hall–Kier alpha value is -1.18. The highest BCUT2D eigenvalue weighted by Crippen LogP contribution is 2.15. The Morgan fingerprint density at radius 2 is 2.00 bits per heavy atom. The Bertz CT molecular complexity index is 281. The summed E-state index contributed by atoms with van der Waals surface area (Å²) in [5.74, 6) is 0.721. The van der Waals surface area contributed by atoms with Gasteiger partial charge in [-0.2, -0.15) is 0 Å². The molecule has 0 saturated carbocycles. The van der Waals surface area contributed by atoms with Crippen molar-refractivity contribution in [2.24, 2.45) is 5.92 Å². The van der Waals surface area contributed by atoms with Gasteiger partial charge in [0, 0.05) is 17.4 Å². The van der Waals surface area contributed by atoms with Crippen LogP contribution in [0.4, 0.5) is 11.4 Å². The van der Waals surface area contributed by atoms with Gasteiger partial charge in [0.2, 0.25) is 0 Å². The fraction of sp³-hybridized carbons (Fsp3) is 0.500. The molecule has 0 bridgehead atoms. The summed E-state index contributed by atoms with van der Waals surface area (Å²) in [6, 6.07) is 8.39. The first-order valence-electron chi connectivity index (χ1n) is 5.20. The van der Waals surface area contributed by atoms with Gasteiger partial charge < -0.3 is 11.1 Å². The van der Waals surface area contributed by atoms with E-state index in [9.17, 15) is 0 Å². The zero-order valence-electron chi connectivity index (χ0n) is 9.25. The van der Waals surface area contributed by atoms with Crippen LogP contribution in [-0.2, 0) is 0 Å². The summed E-state index contributed by atoms with van der Waals surface area (Å²) in [5, 5.41) is 3.43. The molecule has 14 heavy (non-hydrogen) atoms. The Labute approximate surface area is 86.5 Å². The molecule has 0 spiro atoms. The SMILES string of the molecule is CC(C)CC(C)Nc1cccc(N)c1. The second kappa shape index (κ2) is 4.89. The van der Waals surface area contributed by atoms with Crippen LogP contribution < -0.4 is 11.1 Å². The van der Waals surface area contributed by atoms with Crippen LogP contribution in [0.1, 0.15) is 27.2 Å². The number of hydrogen-bond acceptors (Lipinski definition) is 2. The quantitative estimate of drug-likeness (QED) is 0.719. The lowest BCUT2D eigenvalue weighted by molar-refractivity contribution is 0.540. The minimum atomic E-state index is 0.497. The highest BCUT2D eigenvalue weighted by atomic mass is 14.9. The van der Waals surface area contributed by atoms with Gasteiger partial charge in [-0.15, -0.1) is 0 Å². The van der Waals surface area contributed by atoms with Crippen molar-refractivity contribution >= 4 is 11.4 Å². The normalized spacial score (nSPS) is 12.9. The average molecular weight is 192 g/mol. The van der Waals surface area contributed by atoms with Crippen LogP contribution in [0.25, 0.3) is 0 Å². The molecule has 2 nitrogen and oxygen atoms in total. The number of hydrogen-bond donors (Lipinski definition) is 2. The number of anilines is 2. The van der Waals surface area contributed by atoms with Crippen LogP contribution in [0.3, 0.4) is 0 Å². The molecule has 1 aromatic carbocycles. The first kappa shape index (κ1) is 10.9. The summed E-state index contributed by atoms with van der Waals surface area (Å²) in [4.78, 5) is 0. The molecule has 0 radical (unpaired) electrons. The zero-order valence-corrected chi connectivity index (χ0v) is 9.25. The molecule has 78 valence electrons. The molecule has 0 aliphatic carbocycles. The van der Waals surface area contributed by atoms with E-state index in [2.05, 4.69) is 26.1 Å². The van der Waals surface area contributed by atoms with E-state index in [1.54, 1.807) is 0 Å². The molecular formula is C12H20N2. The predicted molar refractivity (Wildman–Crippen MR) is 63.4 cm³/mol. The first-order valence-corrected chi connectivity index (χ1v) is 5.20. The topological polar surface area (TPSA) is 38.0 Å². The molecule has 3 N–H and O–H groups in total. The lowest BCUT2D eigenvalue weighted by Gasteiger charge is -2.17. The van der Waals surface area contributed by atoms with Crippen molar-refractivity contribution in [1.82, 2.24) is 0 Å². The smallest absolute Gasteiger partial charge is 0.0362 e. The molecule has 1 atom stereocenters. The molecule has 0 saturated heterocycles. The Balaban J connectivity index is 2.51. The second-order valence-electron chi connectivity index (χ2n) is 4.30. The number of nitrogens with one attached hydrogen (secondary N) is 1. The van der Waals surface area contributed by atoms with E-state index >= 15 is 0 Å². The summed E-state index contributed by atoms with van der Waals surface area (Å²) >= 11 is 0. The fourth-order valence-electron chi connectivity index (χ4n) is 1.68. The summed E-state index contributed by atoms with van der Waals surface area (Å²) < 4.78 is 0. The van der Waals surface area contributed by atoms with Crippen LogP contribution in [0.15, 0.2) is 24.3 Å². The van der Waals surface area contributed by atoms with Crippen molar-refractivity contribution in [2.45, 2.75) is 33.2 Å².